The Morgan fingerprint density at radius 2 is 2.31 bits per heavy atom. The van der Waals surface area contributed by atoms with Crippen molar-refractivity contribution in [3.05, 3.63) is 17.8 Å². The summed E-state index contributed by atoms with van der Waals surface area (Å²) in [5.41, 5.74) is 0. The summed E-state index contributed by atoms with van der Waals surface area (Å²) >= 11 is 0. The Kier molecular flexibility index (Phi) is 2.64. The second kappa shape index (κ2) is 3.92. The van der Waals surface area contributed by atoms with Crippen LogP contribution < -0.4 is 5.32 Å². The summed E-state index contributed by atoms with van der Waals surface area (Å²) in [6, 6.07) is 0. The van der Waals surface area contributed by atoms with Gasteiger partial charge in [0.15, 0.2) is 5.89 Å². The molecule has 0 aliphatic carbocycles. The largest absolute Gasteiger partial charge is 0.446 e. The van der Waals surface area contributed by atoms with Crippen molar-refractivity contribution in [3.63, 3.8) is 0 Å². The first-order valence-corrected chi connectivity index (χ1v) is 4.96. The molecule has 1 aliphatic heterocycles. The fraction of sp³-hybridized carbons (Fsp3) is 0.700. The monoisotopic (exact) mass is 180 g/mol. The highest BCUT2D eigenvalue weighted by Crippen LogP contribution is 2.17. The van der Waals surface area contributed by atoms with E-state index in [1.54, 1.807) is 6.20 Å². The van der Waals surface area contributed by atoms with E-state index in [9.17, 15) is 0 Å². The van der Waals surface area contributed by atoms with E-state index in [4.69, 9.17) is 4.42 Å². The fourth-order valence-corrected chi connectivity index (χ4v) is 1.83. The molecule has 1 aliphatic rings. The lowest BCUT2D eigenvalue weighted by molar-refractivity contribution is 0.338. The van der Waals surface area contributed by atoms with Gasteiger partial charge in [0.05, 0.1) is 6.20 Å². The van der Waals surface area contributed by atoms with Crippen LogP contribution >= 0.6 is 0 Å². The van der Waals surface area contributed by atoms with Crippen molar-refractivity contribution in [1.82, 2.24) is 10.3 Å². The topological polar surface area (TPSA) is 38.1 Å². The SMILES string of the molecule is Cc1cnc(CC2CCNCC2)o1. The van der Waals surface area contributed by atoms with Gasteiger partial charge >= 0.3 is 0 Å². The molecule has 1 N–H and O–H groups in total. The van der Waals surface area contributed by atoms with Gasteiger partial charge in [-0.1, -0.05) is 0 Å². The van der Waals surface area contributed by atoms with E-state index in [0.717, 1.165) is 37.1 Å². The van der Waals surface area contributed by atoms with Crippen LogP contribution in [-0.4, -0.2) is 18.1 Å². The molecule has 1 saturated heterocycles. The molecule has 0 unspecified atom stereocenters. The van der Waals surface area contributed by atoms with E-state index < -0.39 is 0 Å². The minimum absolute atomic E-state index is 0.763. The molecular formula is C10H16N2O. The van der Waals surface area contributed by atoms with E-state index in [-0.39, 0.29) is 0 Å². The average molecular weight is 180 g/mol. The van der Waals surface area contributed by atoms with Gasteiger partial charge in [0.25, 0.3) is 0 Å². The summed E-state index contributed by atoms with van der Waals surface area (Å²) in [7, 11) is 0. The summed E-state index contributed by atoms with van der Waals surface area (Å²) in [6.45, 7) is 4.23. The molecule has 2 rings (SSSR count). The number of oxazole rings is 1. The minimum Gasteiger partial charge on any atom is -0.446 e. The molecule has 72 valence electrons. The quantitative estimate of drug-likeness (QED) is 0.750. The first-order valence-electron chi connectivity index (χ1n) is 4.96. The molecule has 3 heteroatoms. The molecule has 0 saturated carbocycles. The van der Waals surface area contributed by atoms with Gasteiger partial charge in [-0.3, -0.25) is 0 Å². The summed E-state index contributed by atoms with van der Waals surface area (Å²) < 4.78 is 5.45. The van der Waals surface area contributed by atoms with Crippen LogP contribution in [0.5, 0.6) is 0 Å². The molecule has 13 heavy (non-hydrogen) atoms. The molecule has 1 aromatic heterocycles. The molecule has 1 fully saturated rings. The van der Waals surface area contributed by atoms with Crippen molar-refractivity contribution < 1.29 is 4.42 Å². The zero-order valence-corrected chi connectivity index (χ0v) is 8.05. The third-order valence-electron chi connectivity index (χ3n) is 2.59. The lowest BCUT2D eigenvalue weighted by Crippen LogP contribution is -2.28. The number of aryl methyl sites for hydroxylation is 1. The average Bonchev–Trinajstić information content (AvgIpc) is 2.53. The van der Waals surface area contributed by atoms with Crippen LogP contribution in [0.2, 0.25) is 0 Å². The van der Waals surface area contributed by atoms with E-state index >= 15 is 0 Å². The van der Waals surface area contributed by atoms with Crippen LogP contribution in [0.15, 0.2) is 10.6 Å². The number of piperidine rings is 1. The molecule has 0 amide bonds. The summed E-state index contributed by atoms with van der Waals surface area (Å²) in [6.07, 6.45) is 5.31. The smallest absolute Gasteiger partial charge is 0.194 e. The zero-order valence-electron chi connectivity index (χ0n) is 8.05. The Morgan fingerprint density at radius 1 is 1.54 bits per heavy atom. The third-order valence-corrected chi connectivity index (χ3v) is 2.59. The maximum atomic E-state index is 5.45. The van der Waals surface area contributed by atoms with E-state index in [1.165, 1.54) is 12.8 Å². The fourth-order valence-electron chi connectivity index (χ4n) is 1.83. The number of aromatic nitrogens is 1. The summed E-state index contributed by atoms with van der Waals surface area (Å²) in [5, 5.41) is 3.35. The number of hydrogen-bond donors (Lipinski definition) is 1. The van der Waals surface area contributed by atoms with Crippen LogP contribution in [0.4, 0.5) is 0 Å². The number of nitrogens with zero attached hydrogens (tertiary/aromatic N) is 1. The lowest BCUT2D eigenvalue weighted by Gasteiger charge is -2.20. The molecular weight excluding hydrogens is 164 g/mol. The minimum atomic E-state index is 0.763. The predicted octanol–water partition coefficient (Wildman–Crippen LogP) is 1.53. The Morgan fingerprint density at radius 3 is 2.92 bits per heavy atom. The highest BCUT2D eigenvalue weighted by molar-refractivity contribution is 4.92. The number of hydrogen-bond acceptors (Lipinski definition) is 3. The Hall–Kier alpha value is -0.830. The normalized spacial score (nSPS) is 19.2. The highest BCUT2D eigenvalue weighted by Gasteiger charge is 2.15. The second-order valence-corrected chi connectivity index (χ2v) is 3.76. The summed E-state index contributed by atoms with van der Waals surface area (Å²) in [4.78, 5) is 4.22. The van der Waals surface area contributed by atoms with Crippen molar-refractivity contribution in [2.75, 3.05) is 13.1 Å². The van der Waals surface area contributed by atoms with Gasteiger partial charge in [-0.25, -0.2) is 4.98 Å². The van der Waals surface area contributed by atoms with Crippen molar-refractivity contribution in [2.45, 2.75) is 26.2 Å². The molecule has 3 nitrogen and oxygen atoms in total. The van der Waals surface area contributed by atoms with E-state index in [1.807, 2.05) is 6.92 Å². The van der Waals surface area contributed by atoms with Gasteiger partial charge in [-0.15, -0.1) is 0 Å². The van der Waals surface area contributed by atoms with Gasteiger partial charge in [-0.05, 0) is 38.8 Å². The second-order valence-electron chi connectivity index (χ2n) is 3.76. The van der Waals surface area contributed by atoms with E-state index in [2.05, 4.69) is 10.3 Å². The highest BCUT2D eigenvalue weighted by atomic mass is 16.3. The maximum Gasteiger partial charge on any atom is 0.194 e. The standard InChI is InChI=1S/C10H16N2O/c1-8-7-12-10(13-8)6-9-2-4-11-5-3-9/h7,9,11H,2-6H2,1H3. The maximum absolute atomic E-state index is 5.45. The molecule has 0 atom stereocenters. The van der Waals surface area contributed by atoms with Crippen molar-refractivity contribution in [2.24, 2.45) is 5.92 Å². The van der Waals surface area contributed by atoms with Crippen molar-refractivity contribution in [3.8, 4) is 0 Å². The van der Waals surface area contributed by atoms with Crippen LogP contribution in [0.3, 0.4) is 0 Å². The van der Waals surface area contributed by atoms with Gasteiger partial charge in [0.2, 0.25) is 0 Å². The first-order chi connectivity index (χ1) is 6.34. The van der Waals surface area contributed by atoms with Gasteiger partial charge in [0.1, 0.15) is 5.76 Å². The molecule has 0 radical (unpaired) electrons. The zero-order chi connectivity index (χ0) is 9.10. The Balaban J connectivity index is 1.89. The summed E-state index contributed by atoms with van der Waals surface area (Å²) in [5.74, 6) is 2.59. The third kappa shape index (κ3) is 2.31. The van der Waals surface area contributed by atoms with Crippen molar-refractivity contribution in [1.29, 1.82) is 0 Å². The van der Waals surface area contributed by atoms with Gasteiger partial charge in [-0.2, -0.15) is 0 Å². The number of nitrogens with one attached hydrogen (secondary N) is 1. The van der Waals surface area contributed by atoms with E-state index in [0.29, 0.717) is 0 Å². The molecule has 0 spiro atoms. The number of rotatable bonds is 2. The van der Waals surface area contributed by atoms with Gasteiger partial charge in [0, 0.05) is 6.42 Å². The van der Waals surface area contributed by atoms with Crippen LogP contribution in [0, 0.1) is 12.8 Å². The Bertz CT molecular complexity index is 264. The predicted molar refractivity (Wildman–Crippen MR) is 50.5 cm³/mol. The Labute approximate surface area is 78.5 Å². The van der Waals surface area contributed by atoms with Crippen LogP contribution in [-0.2, 0) is 6.42 Å². The molecule has 2 heterocycles. The molecule has 0 aromatic carbocycles. The van der Waals surface area contributed by atoms with Crippen LogP contribution in [0.1, 0.15) is 24.5 Å². The molecule has 0 bridgehead atoms. The van der Waals surface area contributed by atoms with Crippen LogP contribution in [0.25, 0.3) is 0 Å². The first kappa shape index (κ1) is 8.75. The lowest BCUT2D eigenvalue weighted by atomic mass is 9.95. The molecule has 1 aromatic rings. The van der Waals surface area contributed by atoms with Crippen molar-refractivity contribution >= 4 is 0 Å². The van der Waals surface area contributed by atoms with Gasteiger partial charge < -0.3 is 9.73 Å².